The molecule has 102 valence electrons. The Kier molecular flexibility index (Phi) is 6.62. The zero-order chi connectivity index (χ0) is 13.5. The molecule has 0 radical (unpaired) electrons. The van der Waals surface area contributed by atoms with Crippen molar-refractivity contribution in [3.63, 3.8) is 0 Å². The van der Waals surface area contributed by atoms with Crippen LogP contribution in [0.3, 0.4) is 0 Å². The standard InChI is InChI=1S/C16H26OS/c1-5-6-14(11-18)10-17-16-9-15(12(2)3)8-7-13(16)4/h7-9,12,14,18H,5-6,10-11H2,1-4H3. The molecular weight excluding hydrogens is 240 g/mol. The van der Waals surface area contributed by atoms with Gasteiger partial charge < -0.3 is 4.74 Å². The number of ether oxygens (including phenoxy) is 1. The molecule has 1 atom stereocenters. The SMILES string of the molecule is CCCC(CS)COc1cc(C(C)C)ccc1C. The van der Waals surface area contributed by atoms with Gasteiger partial charge in [0.15, 0.2) is 0 Å². The highest BCUT2D eigenvalue weighted by atomic mass is 32.1. The van der Waals surface area contributed by atoms with Gasteiger partial charge in [-0.3, -0.25) is 0 Å². The Labute approximate surface area is 117 Å². The first-order valence-electron chi connectivity index (χ1n) is 6.92. The van der Waals surface area contributed by atoms with Gasteiger partial charge in [0.25, 0.3) is 0 Å². The van der Waals surface area contributed by atoms with Crippen molar-refractivity contribution in [1.29, 1.82) is 0 Å². The maximum Gasteiger partial charge on any atom is 0.122 e. The van der Waals surface area contributed by atoms with E-state index in [1.807, 2.05) is 0 Å². The fourth-order valence-corrected chi connectivity index (χ4v) is 2.26. The fraction of sp³-hybridized carbons (Fsp3) is 0.625. The summed E-state index contributed by atoms with van der Waals surface area (Å²) in [7, 11) is 0. The number of hydrogen-bond acceptors (Lipinski definition) is 2. The van der Waals surface area contributed by atoms with Gasteiger partial charge in [0.05, 0.1) is 6.61 Å². The second-order valence-electron chi connectivity index (χ2n) is 5.33. The smallest absolute Gasteiger partial charge is 0.122 e. The summed E-state index contributed by atoms with van der Waals surface area (Å²) >= 11 is 4.39. The molecule has 0 aliphatic heterocycles. The number of rotatable bonds is 7. The van der Waals surface area contributed by atoms with Crippen LogP contribution in [0.25, 0.3) is 0 Å². The third-order valence-electron chi connectivity index (χ3n) is 3.31. The summed E-state index contributed by atoms with van der Waals surface area (Å²) in [6.07, 6.45) is 2.38. The van der Waals surface area contributed by atoms with Gasteiger partial charge in [-0.15, -0.1) is 0 Å². The van der Waals surface area contributed by atoms with E-state index in [9.17, 15) is 0 Å². The molecule has 0 saturated carbocycles. The maximum absolute atomic E-state index is 5.98. The minimum atomic E-state index is 0.546. The van der Waals surface area contributed by atoms with Crippen molar-refractivity contribution < 1.29 is 4.74 Å². The van der Waals surface area contributed by atoms with Crippen LogP contribution in [0, 0.1) is 12.8 Å². The molecule has 0 saturated heterocycles. The molecule has 1 aromatic carbocycles. The molecule has 0 N–H and O–H groups in total. The Bertz CT molecular complexity index is 360. The van der Waals surface area contributed by atoms with Crippen LogP contribution in [0.2, 0.25) is 0 Å². The minimum Gasteiger partial charge on any atom is -0.493 e. The molecule has 18 heavy (non-hydrogen) atoms. The van der Waals surface area contributed by atoms with Gasteiger partial charge in [-0.2, -0.15) is 12.6 Å². The topological polar surface area (TPSA) is 9.23 Å². The lowest BCUT2D eigenvalue weighted by atomic mass is 10.0. The summed E-state index contributed by atoms with van der Waals surface area (Å²) in [6, 6.07) is 6.52. The third-order valence-corrected chi connectivity index (χ3v) is 3.82. The first kappa shape index (κ1) is 15.4. The van der Waals surface area contributed by atoms with E-state index < -0.39 is 0 Å². The molecule has 1 aromatic rings. The molecule has 0 amide bonds. The Morgan fingerprint density at radius 2 is 2.00 bits per heavy atom. The highest BCUT2D eigenvalue weighted by molar-refractivity contribution is 7.80. The normalized spacial score (nSPS) is 12.8. The first-order valence-corrected chi connectivity index (χ1v) is 7.55. The Morgan fingerprint density at radius 1 is 1.28 bits per heavy atom. The van der Waals surface area contributed by atoms with Gasteiger partial charge in [-0.25, -0.2) is 0 Å². The van der Waals surface area contributed by atoms with E-state index >= 15 is 0 Å². The zero-order valence-electron chi connectivity index (χ0n) is 12.1. The van der Waals surface area contributed by atoms with Gasteiger partial charge in [0, 0.05) is 5.92 Å². The van der Waals surface area contributed by atoms with Crippen molar-refractivity contribution in [2.45, 2.75) is 46.5 Å². The van der Waals surface area contributed by atoms with Crippen LogP contribution in [-0.4, -0.2) is 12.4 Å². The largest absolute Gasteiger partial charge is 0.493 e. The van der Waals surface area contributed by atoms with Crippen molar-refractivity contribution in [3.05, 3.63) is 29.3 Å². The van der Waals surface area contributed by atoms with Gasteiger partial charge in [-0.05, 0) is 42.2 Å². The van der Waals surface area contributed by atoms with Gasteiger partial charge in [0.1, 0.15) is 5.75 Å². The number of thiol groups is 1. The van der Waals surface area contributed by atoms with Crippen molar-refractivity contribution in [1.82, 2.24) is 0 Å². The summed E-state index contributed by atoms with van der Waals surface area (Å²) < 4.78 is 5.98. The second-order valence-corrected chi connectivity index (χ2v) is 5.69. The summed E-state index contributed by atoms with van der Waals surface area (Å²) in [4.78, 5) is 0. The number of hydrogen-bond donors (Lipinski definition) is 1. The van der Waals surface area contributed by atoms with E-state index in [1.165, 1.54) is 24.0 Å². The van der Waals surface area contributed by atoms with Crippen molar-refractivity contribution >= 4 is 12.6 Å². The van der Waals surface area contributed by atoms with E-state index in [0.29, 0.717) is 11.8 Å². The minimum absolute atomic E-state index is 0.546. The van der Waals surface area contributed by atoms with E-state index in [2.05, 4.69) is 58.5 Å². The van der Waals surface area contributed by atoms with E-state index in [-0.39, 0.29) is 0 Å². The Morgan fingerprint density at radius 3 is 2.56 bits per heavy atom. The van der Waals surface area contributed by atoms with Crippen molar-refractivity contribution in [2.75, 3.05) is 12.4 Å². The molecule has 1 unspecified atom stereocenters. The van der Waals surface area contributed by atoms with Crippen molar-refractivity contribution in [2.24, 2.45) is 5.92 Å². The maximum atomic E-state index is 5.98. The molecule has 0 heterocycles. The lowest BCUT2D eigenvalue weighted by Crippen LogP contribution is -2.14. The first-order chi connectivity index (χ1) is 8.58. The molecule has 1 rings (SSSR count). The molecule has 1 nitrogen and oxygen atoms in total. The summed E-state index contributed by atoms with van der Waals surface area (Å²) in [5.41, 5.74) is 2.56. The lowest BCUT2D eigenvalue weighted by Gasteiger charge is -2.17. The number of aryl methyl sites for hydroxylation is 1. The highest BCUT2D eigenvalue weighted by Crippen LogP contribution is 2.25. The average molecular weight is 266 g/mol. The molecule has 0 aliphatic carbocycles. The highest BCUT2D eigenvalue weighted by Gasteiger charge is 2.09. The lowest BCUT2D eigenvalue weighted by molar-refractivity contribution is 0.253. The van der Waals surface area contributed by atoms with Crippen LogP contribution >= 0.6 is 12.6 Å². The van der Waals surface area contributed by atoms with Crippen LogP contribution in [0.4, 0.5) is 0 Å². The summed E-state index contributed by atoms with van der Waals surface area (Å²) in [5.74, 6) is 3.03. The Balaban J connectivity index is 2.68. The van der Waals surface area contributed by atoms with Crippen LogP contribution in [-0.2, 0) is 0 Å². The quantitative estimate of drug-likeness (QED) is 0.695. The summed E-state index contributed by atoms with van der Waals surface area (Å²) in [5, 5.41) is 0. The molecule has 0 spiro atoms. The van der Waals surface area contributed by atoms with Gasteiger partial charge >= 0.3 is 0 Å². The molecule has 0 fully saturated rings. The predicted octanol–water partition coefficient (Wildman–Crippen LogP) is 4.84. The molecule has 2 heteroatoms. The van der Waals surface area contributed by atoms with E-state index in [1.54, 1.807) is 0 Å². The van der Waals surface area contributed by atoms with Crippen LogP contribution in [0.5, 0.6) is 5.75 Å². The third kappa shape index (κ3) is 4.56. The van der Waals surface area contributed by atoms with Gasteiger partial charge in [-0.1, -0.05) is 39.3 Å². The number of benzene rings is 1. The molecule has 0 bridgehead atoms. The van der Waals surface area contributed by atoms with Crippen LogP contribution < -0.4 is 4.74 Å². The second kappa shape index (κ2) is 7.73. The molecule has 0 aromatic heterocycles. The van der Waals surface area contributed by atoms with Crippen LogP contribution in [0.1, 0.15) is 50.7 Å². The predicted molar refractivity (Wildman–Crippen MR) is 83.0 cm³/mol. The van der Waals surface area contributed by atoms with Crippen LogP contribution in [0.15, 0.2) is 18.2 Å². The molecule has 0 aliphatic rings. The summed E-state index contributed by atoms with van der Waals surface area (Å²) in [6.45, 7) is 9.51. The zero-order valence-corrected chi connectivity index (χ0v) is 13.0. The molecular formula is C16H26OS. The average Bonchev–Trinajstić information content (AvgIpc) is 2.35. The van der Waals surface area contributed by atoms with E-state index in [0.717, 1.165) is 18.1 Å². The monoisotopic (exact) mass is 266 g/mol. The fourth-order valence-electron chi connectivity index (χ4n) is 1.97. The van der Waals surface area contributed by atoms with Crippen molar-refractivity contribution in [3.8, 4) is 5.75 Å². The van der Waals surface area contributed by atoms with E-state index in [4.69, 9.17) is 4.74 Å². The van der Waals surface area contributed by atoms with Gasteiger partial charge in [0.2, 0.25) is 0 Å². The Hall–Kier alpha value is -0.630.